The van der Waals surface area contributed by atoms with Crippen LogP contribution in [0, 0.1) is 11.7 Å². The molecule has 4 atom stereocenters. The average Bonchev–Trinajstić information content (AvgIpc) is 3.77. The number of rotatable bonds is 11. The number of amides is 2. The number of hydrogen-bond donors (Lipinski definition) is 3. The third kappa shape index (κ3) is 7.01. The molecule has 1 aliphatic carbocycles. The summed E-state index contributed by atoms with van der Waals surface area (Å²) >= 11 is -1.52. The Morgan fingerprint density at radius 2 is 1.84 bits per heavy atom. The van der Waals surface area contributed by atoms with Crippen LogP contribution in [-0.2, 0) is 32.0 Å². The van der Waals surface area contributed by atoms with Crippen molar-refractivity contribution in [2.45, 2.75) is 74.8 Å². The van der Waals surface area contributed by atoms with Gasteiger partial charge in [-0.15, -0.1) is 4.72 Å². The lowest BCUT2D eigenvalue weighted by Crippen LogP contribution is -2.52. The highest BCUT2D eigenvalue weighted by atomic mass is 32.2. The molecule has 45 heavy (non-hydrogen) atoms. The first-order chi connectivity index (χ1) is 21.4. The van der Waals surface area contributed by atoms with Gasteiger partial charge in [0.05, 0.1) is 17.9 Å². The zero-order chi connectivity index (χ0) is 32.4. The summed E-state index contributed by atoms with van der Waals surface area (Å²) in [6, 6.07) is 18.0. The lowest BCUT2D eigenvalue weighted by Gasteiger charge is -2.38. The first-order valence-electron chi connectivity index (χ1n) is 15.2. The maximum absolute atomic E-state index is 15.5. The molecule has 240 valence electrons. The predicted molar refractivity (Wildman–Crippen MR) is 171 cm³/mol. The number of halogens is 1. The van der Waals surface area contributed by atoms with E-state index in [0.29, 0.717) is 23.6 Å². The number of carboxylic acid groups (broad SMARTS) is 1. The number of benzene rings is 2. The minimum absolute atomic E-state index is 0.0539. The number of methoxy groups -OCH3 is 1. The average molecular weight is 637 g/mol. The maximum atomic E-state index is 15.5. The van der Waals surface area contributed by atoms with E-state index in [1.807, 2.05) is 63.2 Å². The van der Waals surface area contributed by atoms with E-state index in [4.69, 9.17) is 4.74 Å². The van der Waals surface area contributed by atoms with Crippen molar-refractivity contribution in [3.05, 3.63) is 95.6 Å². The molecule has 2 aromatic carbocycles. The first kappa shape index (κ1) is 32.9. The van der Waals surface area contributed by atoms with E-state index < -0.39 is 51.1 Å². The number of carbonyl (C=O) groups is 2. The van der Waals surface area contributed by atoms with Crippen molar-refractivity contribution in [3.8, 4) is 0 Å². The minimum Gasteiger partial charge on any atom is -0.598 e. The fraction of sp³-hybridized carbons (Fsp3) is 0.441. The Bertz CT molecular complexity index is 1500. The van der Waals surface area contributed by atoms with Gasteiger partial charge < -0.3 is 19.7 Å². The topological polar surface area (TPSA) is 127 Å². The monoisotopic (exact) mass is 636 g/mol. The van der Waals surface area contributed by atoms with Gasteiger partial charge in [0.25, 0.3) is 0 Å². The molecule has 0 radical (unpaired) electrons. The number of carbonyl (C=O) groups excluding carboxylic acids is 1. The molecule has 11 heteroatoms. The van der Waals surface area contributed by atoms with Gasteiger partial charge >= 0.3 is 6.09 Å². The highest BCUT2D eigenvalue weighted by Crippen LogP contribution is 2.43. The normalized spacial score (nSPS) is 22.1. The molecule has 9 nitrogen and oxygen atoms in total. The lowest BCUT2D eigenvalue weighted by molar-refractivity contribution is -0.120. The van der Waals surface area contributed by atoms with Crippen LogP contribution in [0.15, 0.2) is 72.9 Å². The number of nitrogens with zero attached hydrogens (tertiary/aromatic N) is 2. The molecule has 0 spiro atoms. The van der Waals surface area contributed by atoms with Crippen LogP contribution in [0.3, 0.4) is 0 Å². The Labute approximate surface area is 266 Å². The summed E-state index contributed by atoms with van der Waals surface area (Å²) in [7, 11) is 1.49. The smallest absolute Gasteiger partial charge is 0.408 e. The maximum Gasteiger partial charge on any atom is 0.408 e. The van der Waals surface area contributed by atoms with Crippen molar-refractivity contribution in [1.82, 2.24) is 14.6 Å². The van der Waals surface area contributed by atoms with E-state index in [1.54, 1.807) is 24.4 Å². The van der Waals surface area contributed by atoms with Crippen LogP contribution in [0.1, 0.15) is 69.7 Å². The zero-order valence-corrected chi connectivity index (χ0v) is 26.9. The Hall–Kier alpha value is -3.51. The highest BCUT2D eigenvalue weighted by Gasteiger charge is 2.51. The standard InChI is InChI=1S/C34H41FN4O5S/c1-32(2,3)45(43)38-34(18-17-23-13-14-23,29-12-8-9-19-36-29)25-15-16-26(35)27(20-25)37-30(40)28-21-33(44-4,22-39(28)31(41)42)24-10-6-5-7-11-24/h5-12,15-16,19-20,23,28,38H,13-14,17-18,21-22H2,1-4H3,(H,37,40)(H,41,42)/t28-,33-,34?,45?/m1/s1. The Morgan fingerprint density at radius 1 is 1.13 bits per heavy atom. The van der Waals surface area contributed by atoms with Gasteiger partial charge in [0.15, 0.2) is 0 Å². The van der Waals surface area contributed by atoms with Crippen molar-refractivity contribution in [2.24, 2.45) is 5.92 Å². The van der Waals surface area contributed by atoms with Crippen LogP contribution >= 0.6 is 0 Å². The van der Waals surface area contributed by atoms with Gasteiger partial charge in [0.2, 0.25) is 5.91 Å². The first-order valence-corrected chi connectivity index (χ1v) is 16.4. The van der Waals surface area contributed by atoms with Crippen molar-refractivity contribution in [2.75, 3.05) is 19.0 Å². The number of ether oxygens (including phenoxy) is 1. The lowest BCUT2D eigenvalue weighted by atomic mass is 9.82. The van der Waals surface area contributed by atoms with Crippen molar-refractivity contribution in [1.29, 1.82) is 0 Å². The molecule has 2 heterocycles. The van der Waals surface area contributed by atoms with Gasteiger partial charge in [-0.3, -0.25) is 14.7 Å². The third-order valence-electron chi connectivity index (χ3n) is 8.83. The molecule has 1 aromatic heterocycles. The molecular formula is C34H41FN4O5S. The summed E-state index contributed by atoms with van der Waals surface area (Å²) in [4.78, 5) is 31.8. The van der Waals surface area contributed by atoms with Gasteiger partial charge in [0, 0.05) is 31.1 Å². The highest BCUT2D eigenvalue weighted by molar-refractivity contribution is 7.90. The van der Waals surface area contributed by atoms with Gasteiger partial charge in [-0.25, -0.2) is 9.18 Å². The SMILES string of the molecule is CO[C@]1(c2ccccc2)C[C@H](C(=O)Nc2cc(C(CCC3CC3)(N[S+]([O-])C(C)(C)C)c3ccccn3)ccc2F)N(C(=O)O)C1. The molecule has 3 N–H and O–H groups in total. The summed E-state index contributed by atoms with van der Waals surface area (Å²) in [6.07, 6.45) is 4.10. The molecule has 1 saturated carbocycles. The van der Waals surface area contributed by atoms with E-state index in [-0.39, 0.29) is 18.7 Å². The second-order valence-electron chi connectivity index (χ2n) is 13.0. The van der Waals surface area contributed by atoms with Crippen molar-refractivity contribution < 1.29 is 28.4 Å². The van der Waals surface area contributed by atoms with Gasteiger partial charge in [-0.2, -0.15) is 0 Å². The Balaban J connectivity index is 1.51. The second-order valence-corrected chi connectivity index (χ2v) is 14.9. The molecule has 2 fully saturated rings. The minimum atomic E-state index is -1.52. The summed E-state index contributed by atoms with van der Waals surface area (Å²) in [5, 5.41) is 12.7. The Kier molecular flexibility index (Phi) is 9.55. The van der Waals surface area contributed by atoms with Crippen LogP contribution in [0.5, 0.6) is 0 Å². The number of nitrogens with one attached hydrogen (secondary N) is 2. The van der Waals surface area contributed by atoms with Crippen LogP contribution in [0.4, 0.5) is 14.9 Å². The van der Waals surface area contributed by atoms with Crippen molar-refractivity contribution in [3.63, 3.8) is 0 Å². The number of likely N-dealkylation sites (tertiary alicyclic amines) is 1. The van der Waals surface area contributed by atoms with Crippen molar-refractivity contribution >= 4 is 29.0 Å². The fourth-order valence-corrected chi connectivity index (χ4v) is 6.91. The zero-order valence-electron chi connectivity index (χ0n) is 26.1. The number of aromatic nitrogens is 1. The number of pyridine rings is 1. The molecule has 3 aromatic rings. The van der Waals surface area contributed by atoms with Crippen LogP contribution in [0.2, 0.25) is 0 Å². The van der Waals surface area contributed by atoms with Gasteiger partial charge in [-0.05, 0) is 74.9 Å². The molecule has 2 aliphatic rings. The van der Waals surface area contributed by atoms with E-state index >= 15 is 4.39 Å². The van der Waals surface area contributed by atoms with E-state index in [1.165, 1.54) is 13.2 Å². The summed E-state index contributed by atoms with van der Waals surface area (Å²) < 4.78 is 37.7. The quantitative estimate of drug-likeness (QED) is 0.223. The summed E-state index contributed by atoms with van der Waals surface area (Å²) in [6.45, 7) is 5.57. The number of anilines is 1. The van der Waals surface area contributed by atoms with Gasteiger partial charge in [0.1, 0.15) is 27.7 Å². The molecule has 0 bridgehead atoms. The number of hydrogen-bond acceptors (Lipinski definition) is 6. The van der Waals surface area contributed by atoms with Crippen LogP contribution in [0.25, 0.3) is 0 Å². The molecule has 1 saturated heterocycles. The van der Waals surface area contributed by atoms with E-state index in [0.717, 1.165) is 29.7 Å². The van der Waals surface area contributed by atoms with Gasteiger partial charge in [-0.1, -0.05) is 55.3 Å². The molecule has 2 unspecified atom stereocenters. The van der Waals surface area contributed by atoms with E-state index in [9.17, 15) is 19.2 Å². The molecule has 2 amide bonds. The largest absolute Gasteiger partial charge is 0.598 e. The summed E-state index contributed by atoms with van der Waals surface area (Å²) in [5.74, 6) is -0.800. The summed E-state index contributed by atoms with van der Waals surface area (Å²) in [5.41, 5.74) is -0.224. The Morgan fingerprint density at radius 3 is 2.44 bits per heavy atom. The third-order valence-corrected chi connectivity index (χ3v) is 10.5. The molecular weight excluding hydrogens is 595 g/mol. The molecule has 5 rings (SSSR count). The fourth-order valence-electron chi connectivity index (χ4n) is 5.96. The van der Waals surface area contributed by atoms with Crippen LogP contribution in [-0.4, -0.2) is 56.0 Å². The molecule has 1 aliphatic heterocycles. The second kappa shape index (κ2) is 13.1. The van der Waals surface area contributed by atoms with Crippen LogP contribution < -0.4 is 10.0 Å². The predicted octanol–water partition coefficient (Wildman–Crippen LogP) is 5.94. The van der Waals surface area contributed by atoms with E-state index in [2.05, 4.69) is 15.0 Å².